The van der Waals surface area contributed by atoms with E-state index in [-0.39, 0.29) is 86.2 Å². The van der Waals surface area contributed by atoms with Gasteiger partial charge in [-0.25, -0.2) is 23.2 Å². The number of nitrogens with one attached hydrogen (secondary N) is 3. The van der Waals surface area contributed by atoms with Gasteiger partial charge in [-0.15, -0.1) is 0 Å². The highest BCUT2D eigenvalue weighted by Crippen LogP contribution is 2.71. The Morgan fingerprint density at radius 1 is 0.816 bits per heavy atom. The van der Waals surface area contributed by atoms with Crippen molar-refractivity contribution in [1.82, 2.24) is 30.2 Å². The fourth-order valence-electron chi connectivity index (χ4n) is 11.9. The molecule has 13 N–H and O–H groups in total. The van der Waals surface area contributed by atoms with Crippen LogP contribution in [0, 0.1) is 6.92 Å². The lowest BCUT2D eigenvalue weighted by Gasteiger charge is -2.28. The number of phosphoric ester groups is 2. The number of rotatable bonds is 34. The first-order valence-corrected chi connectivity index (χ1v) is 41.3. The van der Waals surface area contributed by atoms with Crippen molar-refractivity contribution in [1.29, 1.82) is 0 Å². The molecular formula is C56H80N9O26P4S3+. The second kappa shape index (κ2) is 31.0. The normalized spacial score (nSPS) is 22.1. The van der Waals surface area contributed by atoms with E-state index in [1.165, 1.54) is 22.8 Å². The van der Waals surface area contributed by atoms with Gasteiger partial charge in [-0.2, -0.15) is 47.7 Å². The average Bonchev–Trinajstić information content (AvgIpc) is 1.60. The predicted molar refractivity (Wildman–Crippen MR) is 355 cm³/mol. The zero-order chi connectivity index (χ0) is 72.2. The molecule has 542 valence electrons. The third-order valence-corrected chi connectivity index (χ3v) is 24.9. The molecule has 5 heterocycles. The molecule has 1 saturated heterocycles. The topological polar surface area (TPSA) is 525 Å². The number of phosphoric acid groups is 4. The van der Waals surface area contributed by atoms with E-state index in [9.17, 15) is 91.4 Å². The highest BCUT2D eigenvalue weighted by molar-refractivity contribution is 7.86. The van der Waals surface area contributed by atoms with E-state index in [0.717, 1.165) is 40.0 Å². The molecule has 0 spiro atoms. The Bertz CT molecular complexity index is 4500. The van der Waals surface area contributed by atoms with Crippen LogP contribution in [0.4, 0.5) is 17.3 Å². The van der Waals surface area contributed by atoms with Crippen LogP contribution in [0.5, 0.6) is 0 Å². The number of allylic oxidation sites excluding steroid dienone is 7. The van der Waals surface area contributed by atoms with Crippen molar-refractivity contribution < 1.29 is 118 Å². The third-order valence-electron chi connectivity index (χ3n) is 16.5. The van der Waals surface area contributed by atoms with Gasteiger partial charge < -0.3 is 50.7 Å². The van der Waals surface area contributed by atoms with Crippen molar-refractivity contribution in [2.45, 2.75) is 139 Å². The monoisotopic (exact) mass is 1510 g/mol. The molecular weight excluding hydrogens is 1430 g/mol. The Labute approximate surface area is 564 Å². The number of imidazole rings is 1. The highest BCUT2D eigenvalue weighted by Gasteiger charge is 2.48. The van der Waals surface area contributed by atoms with E-state index in [0.29, 0.717) is 61.2 Å². The minimum Gasteiger partial charge on any atom is -0.390 e. The zero-order valence-corrected chi connectivity index (χ0v) is 59.8. The number of anilines is 2. The summed E-state index contributed by atoms with van der Waals surface area (Å²) in [6.07, 6.45) is 7.97. The Morgan fingerprint density at radius 3 is 2.16 bits per heavy atom. The molecule has 1 fully saturated rings. The number of nitrogens with two attached hydrogens (primary N) is 1. The van der Waals surface area contributed by atoms with Crippen molar-refractivity contribution >= 4 is 102 Å². The van der Waals surface area contributed by atoms with E-state index in [1.807, 2.05) is 66.7 Å². The van der Waals surface area contributed by atoms with Crippen molar-refractivity contribution in [2.24, 2.45) is 0 Å². The SMILES string of the molecule is Cc1ccc2c(c1)C(C)(C)/C(=C/C=C1\CCCC(/C=C/C3=[N+](CCCS(=O)(=O)O)c4ccc(S(=O)(=O)O)cc4C3(C)C)=C1NCCC(=O)NCCCCCCOP(=O)(O)OP(=O)(O)OP(=O)(O)OP(=O)(O)OC[C@H]1O[C@@H](n3cnc4c(=O)[nH]c(N)nc43)CC1O)N2CCCS(=O)(=O)O. The highest BCUT2D eigenvalue weighted by atomic mass is 32.2. The molecule has 4 aliphatic rings. The quantitative estimate of drug-likeness (QED) is 0.0106. The number of aliphatic hydroxyl groups excluding tert-OH is 1. The summed E-state index contributed by atoms with van der Waals surface area (Å²) in [5.41, 5.74) is 11.2. The Kier molecular flexibility index (Phi) is 24.7. The first-order valence-electron chi connectivity index (χ1n) is 30.6. The molecule has 0 bridgehead atoms. The smallest absolute Gasteiger partial charge is 0.390 e. The van der Waals surface area contributed by atoms with Crippen LogP contribution in [0.2, 0.25) is 0 Å². The molecule has 98 heavy (non-hydrogen) atoms. The van der Waals surface area contributed by atoms with E-state index in [1.54, 1.807) is 0 Å². The molecule has 2 aromatic carbocycles. The molecule has 4 aromatic rings. The molecule has 42 heteroatoms. The van der Waals surface area contributed by atoms with Gasteiger partial charge in [0.25, 0.3) is 35.9 Å². The lowest BCUT2D eigenvalue weighted by Crippen LogP contribution is -2.30. The maximum absolute atomic E-state index is 13.4. The number of ether oxygens (including phenoxy) is 1. The van der Waals surface area contributed by atoms with Crippen LogP contribution in [0.25, 0.3) is 11.2 Å². The number of aromatic amines is 1. The minimum atomic E-state index is -6.15. The summed E-state index contributed by atoms with van der Waals surface area (Å²) < 4.78 is 182. The Hall–Kier alpha value is -5.50. The number of aliphatic hydroxyl groups is 1. The van der Waals surface area contributed by atoms with Crippen LogP contribution in [0.3, 0.4) is 0 Å². The molecule has 5 unspecified atom stereocenters. The molecule has 1 amide bonds. The summed E-state index contributed by atoms with van der Waals surface area (Å²) in [6.45, 7) is 8.98. The van der Waals surface area contributed by atoms with Crippen LogP contribution >= 0.6 is 31.3 Å². The lowest BCUT2D eigenvalue weighted by molar-refractivity contribution is -0.437. The summed E-state index contributed by atoms with van der Waals surface area (Å²) >= 11 is 0. The fraction of sp³-hybridized carbons (Fsp3) is 0.518. The van der Waals surface area contributed by atoms with Gasteiger partial charge in [0.1, 0.15) is 18.9 Å². The maximum Gasteiger partial charge on any atom is 0.490 e. The number of carbonyl (C=O) groups excluding carboxylic acids is 1. The summed E-state index contributed by atoms with van der Waals surface area (Å²) in [5.74, 6) is -1.58. The summed E-state index contributed by atoms with van der Waals surface area (Å²) in [7, 11) is -36.7. The number of amides is 1. The molecule has 7 atom stereocenters. The Morgan fingerprint density at radius 2 is 1.48 bits per heavy atom. The van der Waals surface area contributed by atoms with Crippen molar-refractivity contribution in [3.8, 4) is 0 Å². The summed E-state index contributed by atoms with van der Waals surface area (Å²) in [4.78, 5) is 77.7. The number of hydrogen-bond donors (Lipinski definition) is 12. The minimum absolute atomic E-state index is 0.000419. The standard InChI is InChI=1S/C56H79N9O26P4S3/c1-36-15-19-42-40(31-36)55(2,3)46(63(42)26-11-29-96(77,78)79)21-16-37-13-10-14-38(17-22-47-56(4,5)41-32-39(98(83,84)85)18-20-43(41)64(47)27-12-30-97(80,81)82)50(37)59-25-23-48(67)58-24-8-6-7-9-28-86-92(69,70)89-94(73,74)91-95(75,76)90-93(71,72)87-34-45-44(66)33-49(88-45)65-35-60-51-52(65)61-54(57)62-53(51)68/h15-22,31-32,35,44-45,49,66H,6-14,23-30,33-34H2,1-5H3,(H11,57,58,61,62,67,68,69,70,71,72,73,74,75,76,77,78,79,80,81,82,83,84,85)/p+1/b37-16+,46-21-/t44?,45-,49-/m1/s1. The van der Waals surface area contributed by atoms with Crippen LogP contribution in [-0.4, -0.2) is 162 Å². The average molecular weight is 1520 g/mol. The summed E-state index contributed by atoms with van der Waals surface area (Å²) in [5, 5.41) is 16.9. The van der Waals surface area contributed by atoms with Gasteiger partial charge in [-0.1, -0.05) is 56.5 Å². The molecule has 3 aliphatic heterocycles. The first kappa shape index (κ1) is 78.2. The predicted octanol–water partition coefficient (Wildman–Crippen LogP) is 6.28. The number of fused-ring (bicyclic) bond motifs is 3. The number of unbranched alkanes of at least 4 members (excludes halogenated alkanes) is 3. The van der Waals surface area contributed by atoms with Crippen molar-refractivity contribution in [3.63, 3.8) is 0 Å². The van der Waals surface area contributed by atoms with Crippen molar-refractivity contribution in [3.05, 3.63) is 117 Å². The molecule has 0 saturated carbocycles. The van der Waals surface area contributed by atoms with Gasteiger partial charge in [-0.3, -0.25) is 41.8 Å². The van der Waals surface area contributed by atoms with Crippen LogP contribution in [0.15, 0.2) is 99.3 Å². The number of nitrogens with zero attached hydrogens (tertiary/aromatic N) is 5. The second-order valence-corrected chi connectivity index (χ2v) is 35.4. The van der Waals surface area contributed by atoms with E-state index < -0.39 is 121 Å². The van der Waals surface area contributed by atoms with Gasteiger partial charge in [0.2, 0.25) is 17.5 Å². The van der Waals surface area contributed by atoms with Crippen LogP contribution in [-0.2, 0) is 91.0 Å². The molecule has 0 radical (unpaired) electrons. The van der Waals surface area contributed by atoms with Gasteiger partial charge in [0.05, 0.1) is 47.5 Å². The summed E-state index contributed by atoms with van der Waals surface area (Å²) in [6, 6.07) is 10.2. The third kappa shape index (κ3) is 20.6. The fourth-order valence-corrected chi connectivity index (χ4v) is 18.4. The number of aromatic nitrogens is 4. The molecule has 8 rings (SSSR count). The number of benzene rings is 2. The van der Waals surface area contributed by atoms with Crippen LogP contribution < -0.4 is 26.8 Å². The van der Waals surface area contributed by atoms with E-state index in [2.05, 4.69) is 63.0 Å². The first-order chi connectivity index (χ1) is 45.4. The van der Waals surface area contributed by atoms with Gasteiger partial charge in [0.15, 0.2) is 16.9 Å². The largest absolute Gasteiger partial charge is 0.490 e. The van der Waals surface area contributed by atoms with E-state index in [4.69, 9.17) is 15.0 Å². The number of nitrogen functional groups attached to an aromatic ring is 1. The molecule has 2 aromatic heterocycles. The Balaban J connectivity index is 0.861. The van der Waals surface area contributed by atoms with Gasteiger partial charge in [-0.05, 0) is 100 Å². The lowest BCUT2D eigenvalue weighted by atomic mass is 9.81. The van der Waals surface area contributed by atoms with Gasteiger partial charge >= 0.3 is 31.3 Å². The zero-order valence-electron chi connectivity index (χ0n) is 53.8. The number of H-pyrrole nitrogens is 1. The number of aryl methyl sites for hydroxylation is 1. The molecule has 35 nitrogen and oxygen atoms in total. The van der Waals surface area contributed by atoms with Gasteiger partial charge in [0, 0.05) is 79.1 Å². The van der Waals surface area contributed by atoms with Crippen LogP contribution in [0.1, 0.15) is 121 Å². The maximum atomic E-state index is 13.4. The van der Waals surface area contributed by atoms with E-state index >= 15 is 0 Å². The number of carbonyl (C=O) groups is 1. The second-order valence-electron chi connectivity index (χ2n) is 24.6. The van der Waals surface area contributed by atoms with Crippen molar-refractivity contribution in [2.75, 3.05) is 61.5 Å². The molecule has 1 aliphatic carbocycles. The number of hydrogen-bond acceptors (Lipinski definition) is 24.